The Morgan fingerprint density at radius 2 is 1.53 bits per heavy atom. The molecule has 0 unspecified atom stereocenters. The molecule has 1 N–H and O–H groups in total. The second-order valence-corrected chi connectivity index (χ2v) is 6.49. The van der Waals surface area contributed by atoms with Crippen LogP contribution in [-0.4, -0.2) is 23.2 Å². The van der Waals surface area contributed by atoms with Gasteiger partial charge < -0.3 is 5.11 Å². The van der Waals surface area contributed by atoms with Gasteiger partial charge in [-0.1, -0.05) is 49.9 Å². The molecule has 1 aliphatic heterocycles. The van der Waals surface area contributed by atoms with Crippen LogP contribution < -0.4 is 0 Å². The van der Waals surface area contributed by atoms with E-state index in [1.54, 1.807) is 0 Å². The first-order valence-corrected chi connectivity index (χ1v) is 7.71. The molecule has 0 saturated heterocycles. The fourth-order valence-corrected chi connectivity index (χ4v) is 3.83. The monoisotopic (exact) mass is 259 g/mol. The van der Waals surface area contributed by atoms with Gasteiger partial charge in [0.1, 0.15) is 0 Å². The number of aliphatic hydroxyl groups excluding tert-OH is 1. The first-order valence-electron chi connectivity index (χ1n) is 7.71. The average Bonchev–Trinajstić information content (AvgIpc) is 2.69. The maximum atomic E-state index is 9.92. The molecule has 1 heterocycles. The van der Waals surface area contributed by atoms with Crippen LogP contribution in [0.15, 0.2) is 24.3 Å². The van der Waals surface area contributed by atoms with E-state index in [9.17, 15) is 5.11 Å². The minimum atomic E-state index is 0.165. The molecule has 0 atom stereocenters. The smallest absolute Gasteiger partial charge is 0.0499 e. The zero-order chi connectivity index (χ0) is 13.1. The van der Waals surface area contributed by atoms with Crippen molar-refractivity contribution in [3.05, 3.63) is 35.4 Å². The summed E-state index contributed by atoms with van der Waals surface area (Å²) in [5.41, 5.74) is 3.12. The van der Waals surface area contributed by atoms with Crippen molar-refractivity contribution in [1.82, 2.24) is 4.90 Å². The lowest BCUT2D eigenvalue weighted by molar-refractivity contribution is 0.0580. The minimum Gasteiger partial charge on any atom is -0.396 e. The molecule has 0 radical (unpaired) electrons. The molecule has 1 saturated carbocycles. The second-order valence-electron chi connectivity index (χ2n) is 6.49. The van der Waals surface area contributed by atoms with E-state index in [1.165, 1.54) is 49.7 Å². The van der Waals surface area contributed by atoms with Crippen molar-refractivity contribution in [2.24, 2.45) is 5.41 Å². The van der Waals surface area contributed by atoms with Gasteiger partial charge in [0.15, 0.2) is 0 Å². The summed E-state index contributed by atoms with van der Waals surface area (Å²) >= 11 is 0. The first-order chi connectivity index (χ1) is 9.31. The number of rotatable bonds is 3. The average molecular weight is 259 g/mol. The molecule has 19 heavy (non-hydrogen) atoms. The van der Waals surface area contributed by atoms with Gasteiger partial charge in [-0.3, -0.25) is 4.90 Å². The molecule has 2 nitrogen and oxygen atoms in total. The van der Waals surface area contributed by atoms with Crippen LogP contribution in [0.3, 0.4) is 0 Å². The summed E-state index contributed by atoms with van der Waals surface area (Å²) in [6, 6.07) is 8.76. The van der Waals surface area contributed by atoms with Gasteiger partial charge in [-0.2, -0.15) is 0 Å². The Bertz CT molecular complexity index is 396. The Kier molecular flexibility index (Phi) is 3.90. The van der Waals surface area contributed by atoms with Gasteiger partial charge in [-0.05, 0) is 24.0 Å². The number of nitrogens with zero attached hydrogens (tertiary/aromatic N) is 1. The summed E-state index contributed by atoms with van der Waals surface area (Å²) in [6.45, 7) is 3.56. The molecule has 0 spiro atoms. The van der Waals surface area contributed by atoms with E-state index >= 15 is 0 Å². The summed E-state index contributed by atoms with van der Waals surface area (Å²) in [6.07, 6.45) is 7.69. The molecular formula is C17H25NO. The Morgan fingerprint density at radius 3 is 2.05 bits per heavy atom. The van der Waals surface area contributed by atoms with Gasteiger partial charge in [0.05, 0.1) is 0 Å². The van der Waals surface area contributed by atoms with Gasteiger partial charge in [0.2, 0.25) is 0 Å². The molecule has 1 aliphatic carbocycles. The normalized spacial score (nSPS) is 23.0. The molecule has 0 aromatic heterocycles. The predicted molar refractivity (Wildman–Crippen MR) is 77.8 cm³/mol. The van der Waals surface area contributed by atoms with E-state index in [2.05, 4.69) is 29.2 Å². The third kappa shape index (κ3) is 2.85. The maximum absolute atomic E-state index is 9.92. The lowest BCUT2D eigenvalue weighted by atomic mass is 9.80. The molecule has 0 amide bonds. The molecule has 0 bridgehead atoms. The van der Waals surface area contributed by atoms with Crippen molar-refractivity contribution in [2.45, 2.75) is 51.6 Å². The van der Waals surface area contributed by atoms with Crippen LogP contribution in [0, 0.1) is 5.41 Å². The van der Waals surface area contributed by atoms with Crippen molar-refractivity contribution in [2.75, 3.05) is 13.2 Å². The topological polar surface area (TPSA) is 23.5 Å². The summed E-state index contributed by atoms with van der Waals surface area (Å²) in [7, 11) is 0. The number of hydrogen-bond acceptors (Lipinski definition) is 2. The quantitative estimate of drug-likeness (QED) is 0.842. The zero-order valence-electron chi connectivity index (χ0n) is 11.8. The fourth-order valence-electron chi connectivity index (χ4n) is 3.83. The molecule has 1 fully saturated rings. The van der Waals surface area contributed by atoms with Crippen molar-refractivity contribution >= 4 is 0 Å². The van der Waals surface area contributed by atoms with Crippen molar-refractivity contribution < 1.29 is 5.11 Å². The number of aliphatic hydroxyl groups is 1. The third-order valence-electron chi connectivity index (χ3n) is 4.96. The fraction of sp³-hybridized carbons (Fsp3) is 0.647. The zero-order valence-corrected chi connectivity index (χ0v) is 11.8. The SMILES string of the molecule is OCC1(CN2Cc3ccccc3C2)CCCCCC1. The molecule has 1 aromatic carbocycles. The Hall–Kier alpha value is -0.860. The van der Waals surface area contributed by atoms with Gasteiger partial charge >= 0.3 is 0 Å². The Morgan fingerprint density at radius 1 is 0.947 bits per heavy atom. The summed E-state index contributed by atoms with van der Waals surface area (Å²) in [4.78, 5) is 2.53. The molecule has 2 aliphatic rings. The summed E-state index contributed by atoms with van der Waals surface area (Å²) in [5, 5.41) is 9.92. The largest absolute Gasteiger partial charge is 0.396 e. The van der Waals surface area contributed by atoms with Crippen LogP contribution in [0.25, 0.3) is 0 Å². The van der Waals surface area contributed by atoms with E-state index in [-0.39, 0.29) is 5.41 Å². The first kappa shape index (κ1) is 13.1. The molecule has 3 rings (SSSR count). The molecular weight excluding hydrogens is 234 g/mol. The highest BCUT2D eigenvalue weighted by Gasteiger charge is 2.33. The van der Waals surface area contributed by atoms with E-state index in [4.69, 9.17) is 0 Å². The van der Waals surface area contributed by atoms with Crippen molar-refractivity contribution in [1.29, 1.82) is 0 Å². The van der Waals surface area contributed by atoms with E-state index in [0.717, 1.165) is 19.6 Å². The van der Waals surface area contributed by atoms with Crippen LogP contribution in [0.1, 0.15) is 49.7 Å². The van der Waals surface area contributed by atoms with Crippen LogP contribution in [-0.2, 0) is 13.1 Å². The van der Waals surface area contributed by atoms with Crippen molar-refractivity contribution in [3.8, 4) is 0 Å². The third-order valence-corrected chi connectivity index (χ3v) is 4.96. The minimum absolute atomic E-state index is 0.165. The van der Waals surface area contributed by atoms with Crippen LogP contribution >= 0.6 is 0 Å². The predicted octanol–water partition coefficient (Wildman–Crippen LogP) is 3.34. The molecule has 2 heteroatoms. The highest BCUT2D eigenvalue weighted by Crippen LogP contribution is 2.37. The van der Waals surface area contributed by atoms with E-state index in [1.807, 2.05) is 0 Å². The van der Waals surface area contributed by atoms with Gasteiger partial charge in [-0.15, -0.1) is 0 Å². The van der Waals surface area contributed by atoms with Crippen LogP contribution in [0.2, 0.25) is 0 Å². The number of benzene rings is 1. The lowest BCUT2D eigenvalue weighted by Crippen LogP contribution is -2.37. The highest BCUT2D eigenvalue weighted by molar-refractivity contribution is 5.30. The van der Waals surface area contributed by atoms with Gasteiger partial charge in [0, 0.05) is 31.7 Å². The van der Waals surface area contributed by atoms with E-state index < -0.39 is 0 Å². The number of hydrogen-bond donors (Lipinski definition) is 1. The lowest BCUT2D eigenvalue weighted by Gasteiger charge is -2.34. The summed E-state index contributed by atoms with van der Waals surface area (Å²) < 4.78 is 0. The van der Waals surface area contributed by atoms with Crippen molar-refractivity contribution in [3.63, 3.8) is 0 Å². The maximum Gasteiger partial charge on any atom is 0.0499 e. The standard InChI is InChI=1S/C17H25NO/c19-14-17(9-5-1-2-6-10-17)13-18-11-15-7-3-4-8-16(15)12-18/h3-4,7-8,19H,1-2,5-6,9-14H2. The Labute approximate surface area is 116 Å². The van der Waals surface area contributed by atoms with Crippen LogP contribution in [0.5, 0.6) is 0 Å². The Balaban J connectivity index is 1.68. The molecule has 1 aromatic rings. The summed E-state index contributed by atoms with van der Waals surface area (Å²) in [5.74, 6) is 0. The molecule has 104 valence electrons. The second kappa shape index (κ2) is 5.64. The van der Waals surface area contributed by atoms with Crippen LogP contribution in [0.4, 0.5) is 0 Å². The van der Waals surface area contributed by atoms with Gasteiger partial charge in [-0.25, -0.2) is 0 Å². The van der Waals surface area contributed by atoms with Gasteiger partial charge in [0.25, 0.3) is 0 Å². The number of fused-ring (bicyclic) bond motifs is 1. The highest BCUT2D eigenvalue weighted by atomic mass is 16.3. The van der Waals surface area contributed by atoms with E-state index in [0.29, 0.717) is 6.61 Å².